The van der Waals surface area contributed by atoms with E-state index in [9.17, 15) is 4.79 Å². The third kappa shape index (κ3) is 6.31. The third-order valence-electron chi connectivity index (χ3n) is 4.63. The average Bonchev–Trinajstić information content (AvgIpc) is 2.83. The van der Waals surface area contributed by atoms with Gasteiger partial charge in [-0.2, -0.15) is 5.10 Å². The molecule has 1 N–H and O–H groups in total. The second-order valence-electron chi connectivity index (χ2n) is 6.70. The second-order valence-corrected chi connectivity index (χ2v) is 7.54. The van der Waals surface area contributed by atoms with E-state index in [0.717, 1.165) is 5.56 Å². The third-order valence-corrected chi connectivity index (χ3v) is 5.22. The molecule has 0 atom stereocenters. The molecule has 0 fully saturated rings. The molecule has 3 aromatic carbocycles. The van der Waals surface area contributed by atoms with E-state index in [1.807, 2.05) is 0 Å². The predicted octanol–water partition coefficient (Wildman–Crippen LogP) is 5.36. The van der Waals surface area contributed by atoms with Gasteiger partial charge in [-0.3, -0.25) is 4.79 Å². The molecule has 0 bridgehead atoms. The molecule has 0 radical (unpaired) electrons. The van der Waals surface area contributed by atoms with Crippen LogP contribution in [0.2, 0.25) is 10.0 Å². The number of carbonyl (C=O) groups excluding carboxylic acids is 1. The molecule has 0 spiro atoms. The Kier molecular flexibility index (Phi) is 8.40. The maximum Gasteiger partial charge on any atom is 0.271 e. The number of amides is 1. The Labute approximate surface area is 201 Å². The van der Waals surface area contributed by atoms with Crippen molar-refractivity contribution in [3.63, 3.8) is 0 Å². The summed E-state index contributed by atoms with van der Waals surface area (Å²) in [5.41, 5.74) is 4.33. The van der Waals surface area contributed by atoms with Crippen LogP contribution < -0.4 is 24.4 Å². The lowest BCUT2D eigenvalue weighted by Gasteiger charge is -2.11. The molecule has 0 aliphatic rings. The molecule has 3 rings (SSSR count). The molecule has 1 amide bonds. The minimum absolute atomic E-state index is 0.277. The highest BCUT2D eigenvalue weighted by Gasteiger charge is 2.11. The van der Waals surface area contributed by atoms with E-state index < -0.39 is 0 Å². The lowest BCUT2D eigenvalue weighted by Crippen LogP contribution is -2.17. The van der Waals surface area contributed by atoms with Crippen LogP contribution in [0.15, 0.2) is 59.7 Å². The molecule has 0 aliphatic heterocycles. The molecule has 0 unspecified atom stereocenters. The molecular formula is C24H22Cl2N2O5. The fourth-order valence-corrected chi connectivity index (χ4v) is 3.34. The highest BCUT2D eigenvalue weighted by atomic mass is 35.5. The van der Waals surface area contributed by atoms with E-state index in [4.69, 9.17) is 42.1 Å². The van der Waals surface area contributed by atoms with Crippen LogP contribution in [0, 0.1) is 0 Å². The zero-order valence-electron chi connectivity index (χ0n) is 18.2. The number of hydrogen-bond acceptors (Lipinski definition) is 6. The Morgan fingerprint density at radius 1 is 0.909 bits per heavy atom. The van der Waals surface area contributed by atoms with Gasteiger partial charge < -0.3 is 18.9 Å². The Bertz CT molecular complexity index is 1150. The molecule has 33 heavy (non-hydrogen) atoms. The molecule has 7 nitrogen and oxygen atoms in total. The van der Waals surface area contributed by atoms with Gasteiger partial charge in [-0.05, 0) is 42.5 Å². The van der Waals surface area contributed by atoms with Gasteiger partial charge in [0.05, 0.1) is 27.5 Å². The lowest BCUT2D eigenvalue weighted by molar-refractivity contribution is 0.0955. The van der Waals surface area contributed by atoms with Crippen LogP contribution in [0.5, 0.6) is 23.0 Å². The van der Waals surface area contributed by atoms with Gasteiger partial charge in [0.25, 0.3) is 5.91 Å². The maximum atomic E-state index is 12.4. The van der Waals surface area contributed by atoms with Gasteiger partial charge in [-0.1, -0.05) is 29.3 Å². The number of hydrazone groups is 1. The van der Waals surface area contributed by atoms with Gasteiger partial charge in [0.15, 0.2) is 11.5 Å². The molecule has 0 saturated heterocycles. The Hall–Kier alpha value is -3.42. The molecule has 0 heterocycles. The van der Waals surface area contributed by atoms with Gasteiger partial charge in [-0.15, -0.1) is 0 Å². The second kappa shape index (κ2) is 11.4. The summed E-state index contributed by atoms with van der Waals surface area (Å²) in [6.07, 6.45) is 1.46. The van der Waals surface area contributed by atoms with Crippen molar-refractivity contribution in [1.29, 1.82) is 0 Å². The monoisotopic (exact) mass is 488 g/mol. The summed E-state index contributed by atoms with van der Waals surface area (Å²) in [6, 6.07) is 15.3. The first-order valence-corrected chi connectivity index (χ1v) is 10.5. The van der Waals surface area contributed by atoms with Crippen molar-refractivity contribution in [3.8, 4) is 23.0 Å². The van der Waals surface area contributed by atoms with E-state index in [1.54, 1.807) is 54.6 Å². The van der Waals surface area contributed by atoms with E-state index >= 15 is 0 Å². The van der Waals surface area contributed by atoms with Crippen molar-refractivity contribution < 1.29 is 23.7 Å². The SMILES string of the molecule is COc1cc(OC)c(OC)cc1/C=N\NC(=O)c1ccc(OCc2ccc(Cl)cc2Cl)cc1. The predicted molar refractivity (Wildman–Crippen MR) is 128 cm³/mol. The van der Waals surface area contributed by atoms with Crippen molar-refractivity contribution >= 4 is 35.3 Å². The Balaban J connectivity index is 1.61. The van der Waals surface area contributed by atoms with Gasteiger partial charge in [0.1, 0.15) is 18.1 Å². The number of rotatable bonds is 9. The highest BCUT2D eigenvalue weighted by molar-refractivity contribution is 6.35. The Morgan fingerprint density at radius 2 is 1.58 bits per heavy atom. The number of hydrogen-bond donors (Lipinski definition) is 1. The van der Waals surface area contributed by atoms with E-state index in [-0.39, 0.29) is 12.5 Å². The first kappa shape index (κ1) is 24.2. The quantitative estimate of drug-likeness (QED) is 0.323. The first-order chi connectivity index (χ1) is 15.9. The van der Waals surface area contributed by atoms with Crippen molar-refractivity contribution in [2.75, 3.05) is 21.3 Å². The fourth-order valence-electron chi connectivity index (χ4n) is 2.88. The van der Waals surface area contributed by atoms with Gasteiger partial charge in [-0.25, -0.2) is 5.43 Å². The minimum Gasteiger partial charge on any atom is -0.496 e. The first-order valence-electron chi connectivity index (χ1n) is 9.75. The summed E-state index contributed by atoms with van der Waals surface area (Å²) in [6.45, 7) is 0.277. The summed E-state index contributed by atoms with van der Waals surface area (Å²) >= 11 is 12.1. The molecule has 0 aliphatic carbocycles. The Morgan fingerprint density at radius 3 is 2.21 bits per heavy atom. The number of benzene rings is 3. The molecule has 0 aromatic heterocycles. The largest absolute Gasteiger partial charge is 0.496 e. The van der Waals surface area contributed by atoms with Crippen molar-refractivity contribution in [2.24, 2.45) is 5.10 Å². The van der Waals surface area contributed by atoms with Gasteiger partial charge in [0.2, 0.25) is 0 Å². The number of methoxy groups -OCH3 is 3. The number of nitrogens with zero attached hydrogens (tertiary/aromatic N) is 1. The summed E-state index contributed by atoms with van der Waals surface area (Å²) in [7, 11) is 4.60. The van der Waals surface area contributed by atoms with E-state index in [1.165, 1.54) is 27.5 Å². The smallest absolute Gasteiger partial charge is 0.271 e. The molecular weight excluding hydrogens is 467 g/mol. The fraction of sp³-hybridized carbons (Fsp3) is 0.167. The normalized spacial score (nSPS) is 10.7. The van der Waals surface area contributed by atoms with E-state index in [2.05, 4.69) is 10.5 Å². The lowest BCUT2D eigenvalue weighted by atomic mass is 10.2. The van der Waals surface area contributed by atoms with E-state index in [0.29, 0.717) is 44.2 Å². The van der Waals surface area contributed by atoms with Crippen molar-refractivity contribution in [3.05, 3.63) is 81.3 Å². The van der Waals surface area contributed by atoms with Crippen LogP contribution in [-0.4, -0.2) is 33.5 Å². The van der Waals surface area contributed by atoms with Gasteiger partial charge in [0, 0.05) is 32.8 Å². The molecule has 172 valence electrons. The number of ether oxygens (including phenoxy) is 4. The highest BCUT2D eigenvalue weighted by Crippen LogP contribution is 2.33. The summed E-state index contributed by atoms with van der Waals surface area (Å²) in [4.78, 5) is 12.4. The van der Waals surface area contributed by atoms with Crippen molar-refractivity contribution in [2.45, 2.75) is 6.61 Å². The number of halogens is 2. The van der Waals surface area contributed by atoms with Crippen LogP contribution in [0.25, 0.3) is 0 Å². The standard InChI is InChI=1S/C24H22Cl2N2O5/c1-30-21-12-23(32-3)22(31-2)10-17(21)13-27-28-24(29)15-5-8-19(9-6-15)33-14-16-4-7-18(25)11-20(16)26/h4-13H,14H2,1-3H3,(H,28,29)/b27-13-. The van der Waals surface area contributed by atoms with Crippen LogP contribution in [0.1, 0.15) is 21.5 Å². The summed E-state index contributed by atoms with van der Waals surface area (Å²) in [5.74, 6) is 1.78. The summed E-state index contributed by atoms with van der Waals surface area (Å²) < 4.78 is 21.6. The topological polar surface area (TPSA) is 78.4 Å². The van der Waals surface area contributed by atoms with Crippen LogP contribution in [0.3, 0.4) is 0 Å². The zero-order chi connectivity index (χ0) is 23.8. The van der Waals surface area contributed by atoms with Crippen LogP contribution in [0.4, 0.5) is 0 Å². The van der Waals surface area contributed by atoms with Crippen molar-refractivity contribution in [1.82, 2.24) is 5.43 Å². The van der Waals surface area contributed by atoms with Crippen LogP contribution in [-0.2, 0) is 6.61 Å². The molecule has 9 heteroatoms. The molecule has 3 aromatic rings. The maximum absolute atomic E-state index is 12.4. The van der Waals surface area contributed by atoms with Crippen LogP contribution >= 0.6 is 23.2 Å². The summed E-state index contributed by atoms with van der Waals surface area (Å²) in [5, 5.41) is 5.11. The van der Waals surface area contributed by atoms with Gasteiger partial charge >= 0.3 is 0 Å². The average molecular weight is 489 g/mol. The minimum atomic E-state index is -0.377. The number of nitrogens with one attached hydrogen (secondary N) is 1. The molecule has 0 saturated carbocycles. The zero-order valence-corrected chi connectivity index (χ0v) is 19.7. The number of carbonyl (C=O) groups is 1.